The molecule has 0 fully saturated rings. The lowest BCUT2D eigenvalue weighted by atomic mass is 9.93. The molecule has 0 radical (unpaired) electrons. The van der Waals surface area contributed by atoms with E-state index in [4.69, 9.17) is 18.9 Å². The third kappa shape index (κ3) is 6.27. The largest absolute Gasteiger partial charge is 0.488 e. The van der Waals surface area contributed by atoms with Gasteiger partial charge in [-0.2, -0.15) is 0 Å². The molecule has 0 saturated carbocycles. The van der Waals surface area contributed by atoms with Gasteiger partial charge >= 0.3 is 11.9 Å². The Kier molecular flexibility index (Phi) is 9.25. The minimum Gasteiger partial charge on any atom is -0.488 e. The van der Waals surface area contributed by atoms with Crippen molar-refractivity contribution in [3.63, 3.8) is 0 Å². The highest BCUT2D eigenvalue weighted by molar-refractivity contribution is 5.95. The fourth-order valence-electron chi connectivity index (χ4n) is 4.38. The van der Waals surface area contributed by atoms with E-state index in [2.05, 4.69) is 6.58 Å². The number of aryl methyl sites for hydroxylation is 3. The highest BCUT2D eigenvalue weighted by Gasteiger charge is 2.23. The van der Waals surface area contributed by atoms with E-state index in [9.17, 15) is 9.59 Å². The van der Waals surface area contributed by atoms with Crippen LogP contribution in [0.25, 0.3) is 6.08 Å². The van der Waals surface area contributed by atoms with E-state index in [0.29, 0.717) is 29.0 Å². The first-order chi connectivity index (χ1) is 17.7. The first kappa shape index (κ1) is 27.7. The lowest BCUT2D eigenvalue weighted by Crippen LogP contribution is -2.17. The molecule has 0 saturated heterocycles. The maximum Gasteiger partial charge on any atom is 0.340 e. The van der Waals surface area contributed by atoms with Crippen molar-refractivity contribution < 1.29 is 28.5 Å². The van der Waals surface area contributed by atoms with Gasteiger partial charge in [0.25, 0.3) is 0 Å². The van der Waals surface area contributed by atoms with E-state index in [0.717, 1.165) is 38.9 Å². The Bertz CT molecular complexity index is 1310. The molecule has 0 spiro atoms. The van der Waals surface area contributed by atoms with Crippen LogP contribution in [0.4, 0.5) is 0 Å². The van der Waals surface area contributed by atoms with Gasteiger partial charge in [-0.05, 0) is 74.1 Å². The molecule has 0 heterocycles. The normalized spacial score (nSPS) is 10.6. The lowest BCUT2D eigenvalue weighted by molar-refractivity contribution is -0.0129. The van der Waals surface area contributed by atoms with Crippen molar-refractivity contribution in [3.05, 3.63) is 105 Å². The Labute approximate surface area is 218 Å². The summed E-state index contributed by atoms with van der Waals surface area (Å²) in [4.78, 5) is 26.1. The average molecular weight is 503 g/mol. The summed E-state index contributed by atoms with van der Waals surface area (Å²) >= 11 is 0. The third-order valence-electron chi connectivity index (χ3n) is 6.47. The van der Waals surface area contributed by atoms with Crippen LogP contribution in [-0.2, 0) is 27.4 Å². The van der Waals surface area contributed by atoms with Gasteiger partial charge in [-0.15, -0.1) is 0 Å². The van der Waals surface area contributed by atoms with Gasteiger partial charge in [-0.3, -0.25) is 0 Å². The molecule has 0 unspecified atom stereocenters. The van der Waals surface area contributed by atoms with Gasteiger partial charge in [0.05, 0.1) is 11.1 Å². The first-order valence-corrected chi connectivity index (χ1v) is 12.1. The fourth-order valence-corrected chi connectivity index (χ4v) is 4.38. The fraction of sp³-hybridized carbons (Fsp3) is 0.290. The van der Waals surface area contributed by atoms with Crippen molar-refractivity contribution in [1.29, 1.82) is 0 Å². The molecule has 0 aromatic heterocycles. The summed E-state index contributed by atoms with van der Waals surface area (Å²) in [7, 11) is 1.45. The van der Waals surface area contributed by atoms with Crippen molar-refractivity contribution in [1.82, 2.24) is 0 Å². The van der Waals surface area contributed by atoms with Crippen molar-refractivity contribution >= 4 is 18.0 Å². The van der Waals surface area contributed by atoms with Crippen LogP contribution < -0.4 is 4.74 Å². The van der Waals surface area contributed by atoms with E-state index < -0.39 is 11.9 Å². The van der Waals surface area contributed by atoms with E-state index in [-0.39, 0.29) is 13.4 Å². The van der Waals surface area contributed by atoms with E-state index >= 15 is 0 Å². The molecule has 6 nitrogen and oxygen atoms in total. The Balaban J connectivity index is 1.87. The van der Waals surface area contributed by atoms with Gasteiger partial charge in [0.15, 0.2) is 6.79 Å². The highest BCUT2D eigenvalue weighted by Crippen LogP contribution is 2.31. The molecule has 37 heavy (non-hydrogen) atoms. The third-order valence-corrected chi connectivity index (χ3v) is 6.47. The maximum atomic E-state index is 13.3. The smallest absolute Gasteiger partial charge is 0.340 e. The number of benzene rings is 3. The van der Waals surface area contributed by atoms with E-state index in [1.807, 2.05) is 77.1 Å². The predicted molar refractivity (Wildman–Crippen MR) is 144 cm³/mol. The summed E-state index contributed by atoms with van der Waals surface area (Å²) in [6, 6.07) is 13.7. The molecule has 3 aromatic rings. The zero-order valence-electron chi connectivity index (χ0n) is 22.4. The summed E-state index contributed by atoms with van der Waals surface area (Å²) in [5.41, 5.74) is 7.25. The predicted octanol–water partition coefficient (Wildman–Crippen LogP) is 6.57. The molecule has 0 aliphatic rings. The maximum absolute atomic E-state index is 13.3. The van der Waals surface area contributed by atoms with Crippen molar-refractivity contribution in [3.8, 4) is 5.75 Å². The topological polar surface area (TPSA) is 71.1 Å². The summed E-state index contributed by atoms with van der Waals surface area (Å²) < 4.78 is 21.9. The van der Waals surface area contributed by atoms with Crippen LogP contribution in [0.5, 0.6) is 5.75 Å². The first-order valence-electron chi connectivity index (χ1n) is 12.1. The number of ether oxygens (including phenoxy) is 4. The Morgan fingerprint density at radius 2 is 1.49 bits per heavy atom. The quantitative estimate of drug-likeness (QED) is 0.231. The number of rotatable bonds is 10. The van der Waals surface area contributed by atoms with Crippen LogP contribution >= 0.6 is 0 Å². The zero-order chi connectivity index (χ0) is 27.1. The molecular weight excluding hydrogens is 468 g/mol. The standard InChI is InChI=1S/C31H34O6/c1-8-25-23(6)28(21(4)15-27(25)35-16-24-12-10-9-11-13-24)30(32)36-17-26-20(3)14-19(2)22(5)29(26)31(33)37-18-34-7/h8-15H,1,16-18H2,2-7H3. The van der Waals surface area contributed by atoms with Crippen LogP contribution in [0, 0.1) is 34.6 Å². The van der Waals surface area contributed by atoms with Gasteiger partial charge in [-0.25, -0.2) is 9.59 Å². The van der Waals surface area contributed by atoms with Crippen molar-refractivity contribution in [2.45, 2.75) is 47.8 Å². The molecule has 3 aromatic carbocycles. The molecule has 194 valence electrons. The monoisotopic (exact) mass is 502 g/mol. The molecule has 0 aliphatic carbocycles. The summed E-state index contributed by atoms with van der Waals surface area (Å²) in [5, 5.41) is 0. The van der Waals surface area contributed by atoms with Gasteiger partial charge < -0.3 is 18.9 Å². The van der Waals surface area contributed by atoms with E-state index in [1.165, 1.54) is 7.11 Å². The van der Waals surface area contributed by atoms with Gasteiger partial charge in [0.1, 0.15) is 19.0 Å². The minimum absolute atomic E-state index is 0.0717. The number of esters is 2. The van der Waals surface area contributed by atoms with Crippen LogP contribution in [0.15, 0.2) is 49.0 Å². The number of methoxy groups -OCH3 is 1. The SMILES string of the molecule is C=Cc1c(OCc2ccccc2)cc(C)c(C(=O)OCc2c(C)cc(C)c(C)c2C(=O)OCOC)c1C. The summed E-state index contributed by atoms with van der Waals surface area (Å²) in [5.74, 6) is -0.349. The summed E-state index contributed by atoms with van der Waals surface area (Å²) in [6.07, 6.45) is 1.68. The Hall–Kier alpha value is -3.90. The molecule has 0 bridgehead atoms. The Morgan fingerprint density at radius 3 is 2.14 bits per heavy atom. The number of hydrogen-bond acceptors (Lipinski definition) is 6. The highest BCUT2D eigenvalue weighted by atomic mass is 16.7. The van der Waals surface area contributed by atoms with Crippen LogP contribution in [0.1, 0.15) is 65.2 Å². The molecule has 0 atom stereocenters. The molecule has 0 aliphatic heterocycles. The minimum atomic E-state index is -0.515. The van der Waals surface area contributed by atoms with Crippen molar-refractivity contribution in [2.24, 2.45) is 0 Å². The second kappa shape index (κ2) is 12.4. The van der Waals surface area contributed by atoms with Gasteiger partial charge in [0.2, 0.25) is 0 Å². The van der Waals surface area contributed by atoms with Gasteiger partial charge in [0, 0.05) is 18.2 Å². The second-order valence-electron chi connectivity index (χ2n) is 8.99. The van der Waals surface area contributed by atoms with E-state index in [1.54, 1.807) is 6.08 Å². The average Bonchev–Trinajstić information content (AvgIpc) is 2.87. The molecule has 6 heteroatoms. The van der Waals surface area contributed by atoms with Crippen LogP contribution in [0.2, 0.25) is 0 Å². The Morgan fingerprint density at radius 1 is 0.811 bits per heavy atom. The molecule has 3 rings (SSSR count). The van der Waals surface area contributed by atoms with Crippen LogP contribution in [-0.4, -0.2) is 25.8 Å². The number of carbonyl (C=O) groups is 2. The van der Waals surface area contributed by atoms with Crippen LogP contribution in [0.3, 0.4) is 0 Å². The second-order valence-corrected chi connectivity index (χ2v) is 8.99. The zero-order valence-corrected chi connectivity index (χ0v) is 22.4. The number of carbonyl (C=O) groups excluding carboxylic acids is 2. The van der Waals surface area contributed by atoms with Gasteiger partial charge in [-0.1, -0.05) is 49.1 Å². The lowest BCUT2D eigenvalue weighted by Gasteiger charge is -2.19. The number of hydrogen-bond donors (Lipinski definition) is 0. The molecular formula is C31H34O6. The van der Waals surface area contributed by atoms with Crippen molar-refractivity contribution in [2.75, 3.05) is 13.9 Å². The molecule has 0 amide bonds. The summed E-state index contributed by atoms with van der Waals surface area (Å²) in [6.45, 7) is 13.5. The molecule has 0 N–H and O–H groups in total.